The van der Waals surface area contributed by atoms with Crippen LogP contribution >= 0.6 is 0 Å². The monoisotopic (exact) mass is 258 g/mol. The van der Waals surface area contributed by atoms with Gasteiger partial charge in [-0.25, -0.2) is 0 Å². The zero-order valence-electron chi connectivity index (χ0n) is 10.2. The van der Waals surface area contributed by atoms with Gasteiger partial charge in [0.25, 0.3) is 0 Å². The Kier molecular flexibility index (Phi) is 3.77. The molecule has 0 aliphatic carbocycles. The third kappa shape index (κ3) is 3.29. The van der Waals surface area contributed by atoms with Gasteiger partial charge in [0, 0.05) is 5.69 Å². The van der Waals surface area contributed by atoms with Gasteiger partial charge < -0.3 is 16.2 Å². The molecule has 0 unspecified atom stereocenters. The van der Waals surface area contributed by atoms with Gasteiger partial charge in [-0.15, -0.1) is 0 Å². The fourth-order valence-electron chi connectivity index (χ4n) is 1.78. The number of hydrogen-bond acceptors (Lipinski definition) is 3. The van der Waals surface area contributed by atoms with E-state index in [-0.39, 0.29) is 6.42 Å². The first-order chi connectivity index (χ1) is 9.06. The van der Waals surface area contributed by atoms with E-state index in [0.717, 1.165) is 10.8 Å². The summed E-state index contributed by atoms with van der Waals surface area (Å²) in [6.07, 6.45) is -0.389. The lowest BCUT2D eigenvalue weighted by Gasteiger charge is -2.10. The molecule has 0 bridgehead atoms. The minimum atomic E-state index is -1.10. The normalized spacial score (nSPS) is 12.1. The summed E-state index contributed by atoms with van der Waals surface area (Å²) in [4.78, 5) is 22.2. The number of nitrogens with one attached hydrogen (secondary N) is 1. The number of benzene rings is 2. The van der Waals surface area contributed by atoms with Gasteiger partial charge in [-0.1, -0.05) is 30.3 Å². The number of fused-ring (bicyclic) bond motifs is 1. The van der Waals surface area contributed by atoms with Gasteiger partial charge in [0.15, 0.2) is 0 Å². The highest BCUT2D eigenvalue weighted by Crippen LogP contribution is 2.18. The van der Waals surface area contributed by atoms with Crippen LogP contribution in [0.4, 0.5) is 5.69 Å². The van der Waals surface area contributed by atoms with Crippen LogP contribution in [0.3, 0.4) is 0 Å². The number of carboxylic acid groups (broad SMARTS) is 1. The number of anilines is 1. The Hall–Kier alpha value is -2.40. The van der Waals surface area contributed by atoms with Crippen molar-refractivity contribution < 1.29 is 14.7 Å². The molecular formula is C14H14N2O3. The topological polar surface area (TPSA) is 92.4 Å². The molecule has 0 saturated heterocycles. The number of nitrogens with two attached hydrogens (primary N) is 1. The molecule has 0 radical (unpaired) electrons. The first-order valence-corrected chi connectivity index (χ1v) is 5.83. The number of carbonyl (C=O) groups excluding carboxylic acids is 1. The Bertz CT molecular complexity index is 625. The van der Waals surface area contributed by atoms with Gasteiger partial charge in [-0.3, -0.25) is 9.59 Å². The molecule has 0 aromatic heterocycles. The van der Waals surface area contributed by atoms with Crippen molar-refractivity contribution >= 4 is 28.3 Å². The quantitative estimate of drug-likeness (QED) is 0.776. The first kappa shape index (κ1) is 13.0. The second-order valence-corrected chi connectivity index (χ2v) is 4.26. The van der Waals surface area contributed by atoms with Crippen LogP contribution in [0.15, 0.2) is 42.5 Å². The largest absolute Gasteiger partial charge is 0.481 e. The predicted molar refractivity (Wildman–Crippen MR) is 72.8 cm³/mol. The summed E-state index contributed by atoms with van der Waals surface area (Å²) in [7, 11) is 0. The maximum Gasteiger partial charge on any atom is 0.305 e. The minimum absolute atomic E-state index is 0.389. The molecule has 1 amide bonds. The van der Waals surface area contributed by atoms with Crippen molar-refractivity contribution in [3.05, 3.63) is 42.5 Å². The predicted octanol–water partition coefficient (Wildman–Crippen LogP) is 1.58. The maximum absolute atomic E-state index is 11.7. The van der Waals surface area contributed by atoms with Crippen LogP contribution in [0.25, 0.3) is 10.8 Å². The molecule has 98 valence electrons. The van der Waals surface area contributed by atoms with E-state index in [1.165, 1.54) is 0 Å². The second-order valence-electron chi connectivity index (χ2n) is 4.26. The summed E-state index contributed by atoms with van der Waals surface area (Å²) in [6.45, 7) is 0. The van der Waals surface area contributed by atoms with E-state index in [9.17, 15) is 9.59 Å². The Morgan fingerprint density at radius 1 is 1.16 bits per heavy atom. The average molecular weight is 258 g/mol. The Morgan fingerprint density at radius 2 is 1.84 bits per heavy atom. The molecular weight excluding hydrogens is 244 g/mol. The van der Waals surface area contributed by atoms with E-state index in [4.69, 9.17) is 10.8 Å². The molecule has 0 aliphatic heterocycles. The molecule has 5 nitrogen and oxygen atoms in total. The van der Waals surface area contributed by atoms with Crippen LogP contribution in [0, 0.1) is 0 Å². The molecule has 2 rings (SSSR count). The Labute approximate surface area is 110 Å². The highest BCUT2D eigenvalue weighted by Gasteiger charge is 2.16. The molecule has 4 N–H and O–H groups in total. The highest BCUT2D eigenvalue weighted by molar-refractivity contribution is 5.98. The van der Waals surface area contributed by atoms with Gasteiger partial charge >= 0.3 is 5.97 Å². The SMILES string of the molecule is N[C@@H](CC(=O)O)C(=O)Nc1ccc2ccccc2c1. The molecule has 2 aromatic rings. The molecule has 0 aliphatic rings. The van der Waals surface area contributed by atoms with Crippen LogP contribution in [-0.2, 0) is 9.59 Å². The molecule has 19 heavy (non-hydrogen) atoms. The number of amides is 1. The Morgan fingerprint density at radius 3 is 2.53 bits per heavy atom. The maximum atomic E-state index is 11.7. The van der Waals surface area contributed by atoms with E-state index < -0.39 is 17.9 Å². The molecule has 0 saturated carbocycles. The first-order valence-electron chi connectivity index (χ1n) is 5.83. The summed E-state index contributed by atoms with van der Waals surface area (Å²) in [5, 5.41) is 13.2. The van der Waals surface area contributed by atoms with Crippen molar-refractivity contribution in [2.24, 2.45) is 5.73 Å². The van der Waals surface area contributed by atoms with Crippen LogP contribution in [0.2, 0.25) is 0 Å². The molecule has 5 heteroatoms. The van der Waals surface area contributed by atoms with Gasteiger partial charge in [0.2, 0.25) is 5.91 Å². The van der Waals surface area contributed by atoms with Gasteiger partial charge in [0.05, 0.1) is 12.5 Å². The number of aliphatic carboxylic acids is 1. The summed E-state index contributed by atoms with van der Waals surface area (Å²) in [5.41, 5.74) is 6.09. The highest BCUT2D eigenvalue weighted by atomic mass is 16.4. The van der Waals surface area contributed by atoms with Crippen molar-refractivity contribution in [3.8, 4) is 0 Å². The van der Waals surface area contributed by atoms with Gasteiger partial charge in [-0.2, -0.15) is 0 Å². The third-order valence-electron chi connectivity index (χ3n) is 2.75. The lowest BCUT2D eigenvalue weighted by atomic mass is 10.1. The molecule has 2 aromatic carbocycles. The van der Waals surface area contributed by atoms with Crippen LogP contribution in [0.5, 0.6) is 0 Å². The summed E-state index contributed by atoms with van der Waals surface area (Å²) in [6, 6.07) is 12.2. The Balaban J connectivity index is 2.12. The lowest BCUT2D eigenvalue weighted by molar-refractivity contribution is -0.138. The summed E-state index contributed by atoms with van der Waals surface area (Å²) in [5.74, 6) is -1.60. The minimum Gasteiger partial charge on any atom is -0.481 e. The number of hydrogen-bond donors (Lipinski definition) is 3. The van der Waals surface area contributed by atoms with Crippen molar-refractivity contribution in [1.82, 2.24) is 0 Å². The van der Waals surface area contributed by atoms with E-state index >= 15 is 0 Å². The average Bonchev–Trinajstić information content (AvgIpc) is 2.37. The van der Waals surface area contributed by atoms with Crippen LogP contribution < -0.4 is 11.1 Å². The fourth-order valence-corrected chi connectivity index (χ4v) is 1.78. The summed E-state index contributed by atoms with van der Waals surface area (Å²) < 4.78 is 0. The van der Waals surface area contributed by atoms with Crippen LogP contribution in [-0.4, -0.2) is 23.0 Å². The fraction of sp³-hybridized carbons (Fsp3) is 0.143. The second kappa shape index (κ2) is 5.49. The summed E-state index contributed by atoms with van der Waals surface area (Å²) >= 11 is 0. The van der Waals surface area contributed by atoms with E-state index in [1.54, 1.807) is 6.07 Å². The van der Waals surface area contributed by atoms with Crippen molar-refractivity contribution in [1.29, 1.82) is 0 Å². The molecule has 0 spiro atoms. The number of carboxylic acids is 1. The van der Waals surface area contributed by atoms with Gasteiger partial charge in [0.1, 0.15) is 0 Å². The molecule has 1 atom stereocenters. The van der Waals surface area contributed by atoms with Crippen molar-refractivity contribution in [2.75, 3.05) is 5.32 Å². The standard InChI is InChI=1S/C14H14N2O3/c15-12(8-13(17)18)14(19)16-11-6-5-9-3-1-2-4-10(9)7-11/h1-7,12H,8,15H2,(H,16,19)(H,17,18)/t12-/m0/s1. The van der Waals surface area contributed by atoms with E-state index in [1.807, 2.05) is 36.4 Å². The van der Waals surface area contributed by atoms with Crippen molar-refractivity contribution in [2.45, 2.75) is 12.5 Å². The van der Waals surface area contributed by atoms with E-state index in [0.29, 0.717) is 5.69 Å². The van der Waals surface area contributed by atoms with E-state index in [2.05, 4.69) is 5.32 Å². The van der Waals surface area contributed by atoms with Crippen molar-refractivity contribution in [3.63, 3.8) is 0 Å². The number of rotatable bonds is 4. The lowest BCUT2D eigenvalue weighted by Crippen LogP contribution is -2.37. The number of carbonyl (C=O) groups is 2. The molecule has 0 heterocycles. The zero-order valence-corrected chi connectivity index (χ0v) is 10.2. The smallest absolute Gasteiger partial charge is 0.305 e. The third-order valence-corrected chi connectivity index (χ3v) is 2.75. The zero-order chi connectivity index (χ0) is 13.8. The van der Waals surface area contributed by atoms with Crippen LogP contribution in [0.1, 0.15) is 6.42 Å². The molecule has 0 fully saturated rings. The van der Waals surface area contributed by atoms with Gasteiger partial charge in [-0.05, 0) is 22.9 Å².